The second kappa shape index (κ2) is 7.31. The normalized spacial score (nSPS) is 11.5. The molecule has 0 spiro atoms. The number of benzene rings is 2. The summed E-state index contributed by atoms with van der Waals surface area (Å²) in [7, 11) is 0. The Hall–Kier alpha value is -2.76. The van der Waals surface area contributed by atoms with Gasteiger partial charge in [0.05, 0.1) is 13.1 Å². The minimum absolute atomic E-state index is 0.284. The third kappa shape index (κ3) is 3.88. The van der Waals surface area contributed by atoms with Crippen LogP contribution in [0.25, 0.3) is 0 Å². The van der Waals surface area contributed by atoms with E-state index in [2.05, 4.69) is 9.98 Å². The van der Waals surface area contributed by atoms with Crippen LogP contribution in [0, 0.1) is 11.6 Å². The number of phenolic OH excluding ortho intramolecular Hbond substituents is 2. The van der Waals surface area contributed by atoms with Crippen molar-refractivity contribution >= 4 is 12.4 Å². The molecule has 0 saturated heterocycles. The largest absolute Gasteiger partial charge is 0.504 e. The molecule has 2 N–H and O–H groups in total. The number of nitrogens with zero attached hydrogens (tertiary/aromatic N) is 2. The van der Waals surface area contributed by atoms with Crippen LogP contribution in [0.4, 0.5) is 8.78 Å². The van der Waals surface area contributed by atoms with E-state index in [1.807, 2.05) is 0 Å². The highest BCUT2D eigenvalue weighted by atomic mass is 19.1. The van der Waals surface area contributed by atoms with Gasteiger partial charge in [0.15, 0.2) is 23.1 Å². The number of para-hydroxylation sites is 2. The van der Waals surface area contributed by atoms with Crippen LogP contribution >= 0.6 is 0 Å². The highest BCUT2D eigenvalue weighted by Crippen LogP contribution is 2.19. The summed E-state index contributed by atoms with van der Waals surface area (Å²) < 4.78 is 26.2. The number of phenols is 2. The summed E-state index contributed by atoms with van der Waals surface area (Å²) in [6.45, 7) is 0.616. The predicted octanol–water partition coefficient (Wildman–Crippen LogP) is 2.91. The van der Waals surface area contributed by atoms with Gasteiger partial charge in [-0.3, -0.25) is 9.98 Å². The topological polar surface area (TPSA) is 65.2 Å². The molecule has 0 saturated carbocycles. The van der Waals surface area contributed by atoms with Gasteiger partial charge in [-0.15, -0.1) is 0 Å². The van der Waals surface area contributed by atoms with Crippen LogP contribution in [-0.4, -0.2) is 35.7 Å². The van der Waals surface area contributed by atoms with Crippen molar-refractivity contribution in [1.29, 1.82) is 0 Å². The molecule has 0 aliphatic heterocycles. The third-order valence-electron chi connectivity index (χ3n) is 2.85. The van der Waals surface area contributed by atoms with Crippen molar-refractivity contribution in [2.45, 2.75) is 0 Å². The molecule has 0 unspecified atom stereocenters. The Balaban J connectivity index is 1.89. The fourth-order valence-corrected chi connectivity index (χ4v) is 1.71. The van der Waals surface area contributed by atoms with Gasteiger partial charge in [-0.25, -0.2) is 8.78 Å². The van der Waals surface area contributed by atoms with Gasteiger partial charge in [-0.1, -0.05) is 12.1 Å². The van der Waals surface area contributed by atoms with Gasteiger partial charge < -0.3 is 10.2 Å². The van der Waals surface area contributed by atoms with Crippen molar-refractivity contribution in [3.05, 3.63) is 59.2 Å². The van der Waals surface area contributed by atoms with E-state index in [0.717, 1.165) is 12.1 Å². The molecule has 22 heavy (non-hydrogen) atoms. The third-order valence-corrected chi connectivity index (χ3v) is 2.85. The summed E-state index contributed by atoms with van der Waals surface area (Å²) in [4.78, 5) is 8.03. The molecule has 2 aromatic rings. The molecular weight excluding hydrogens is 290 g/mol. The average molecular weight is 304 g/mol. The first-order valence-electron chi connectivity index (χ1n) is 6.54. The number of hydrogen-bond donors (Lipinski definition) is 2. The summed E-state index contributed by atoms with van der Waals surface area (Å²) in [5, 5.41) is 18.9. The molecule has 6 heteroatoms. The maximum absolute atomic E-state index is 13.1. The van der Waals surface area contributed by atoms with Crippen LogP contribution in [0.2, 0.25) is 0 Å². The fraction of sp³-hybridized carbons (Fsp3) is 0.125. The van der Waals surface area contributed by atoms with Gasteiger partial charge in [-0.05, 0) is 24.3 Å². The molecule has 114 valence electrons. The minimum atomic E-state index is -0.705. The predicted molar refractivity (Wildman–Crippen MR) is 81.1 cm³/mol. The molecule has 0 fully saturated rings. The maximum Gasteiger partial charge on any atom is 0.165 e. The molecular formula is C16H14F2N2O2. The Morgan fingerprint density at radius 3 is 1.59 bits per heavy atom. The zero-order valence-corrected chi connectivity index (χ0v) is 11.6. The average Bonchev–Trinajstić information content (AvgIpc) is 2.51. The quantitative estimate of drug-likeness (QED) is 0.659. The van der Waals surface area contributed by atoms with Crippen LogP contribution in [0.3, 0.4) is 0 Å². The molecule has 0 aliphatic carbocycles. The molecule has 0 atom stereocenters. The van der Waals surface area contributed by atoms with Crippen molar-refractivity contribution in [2.24, 2.45) is 9.98 Å². The molecule has 0 radical (unpaired) electrons. The second-order valence-corrected chi connectivity index (χ2v) is 4.43. The van der Waals surface area contributed by atoms with Gasteiger partial charge in [0.25, 0.3) is 0 Å². The molecule has 0 aliphatic rings. The summed E-state index contributed by atoms with van der Waals surface area (Å²) in [6.07, 6.45) is 2.71. The smallest absolute Gasteiger partial charge is 0.165 e. The van der Waals surface area contributed by atoms with Crippen molar-refractivity contribution in [3.8, 4) is 11.5 Å². The lowest BCUT2D eigenvalue weighted by molar-refractivity contribution is 0.431. The number of hydrogen-bond acceptors (Lipinski definition) is 4. The lowest BCUT2D eigenvalue weighted by atomic mass is 10.2. The van der Waals surface area contributed by atoms with Gasteiger partial charge in [-0.2, -0.15) is 0 Å². The zero-order valence-electron chi connectivity index (χ0n) is 11.6. The molecule has 0 bridgehead atoms. The molecule has 2 rings (SSSR count). The Morgan fingerprint density at radius 2 is 1.18 bits per heavy atom. The van der Waals surface area contributed by atoms with Crippen molar-refractivity contribution in [3.63, 3.8) is 0 Å². The van der Waals surface area contributed by atoms with Gasteiger partial charge in [0, 0.05) is 23.6 Å². The van der Waals surface area contributed by atoms with Crippen LogP contribution in [-0.2, 0) is 0 Å². The zero-order chi connectivity index (χ0) is 15.9. The van der Waals surface area contributed by atoms with E-state index in [0.29, 0.717) is 13.1 Å². The highest BCUT2D eigenvalue weighted by Gasteiger charge is 2.04. The van der Waals surface area contributed by atoms with E-state index in [-0.39, 0.29) is 11.1 Å². The summed E-state index contributed by atoms with van der Waals surface area (Å²) in [6, 6.07) is 8.33. The lowest BCUT2D eigenvalue weighted by Crippen LogP contribution is -1.92. The molecule has 0 heterocycles. The summed E-state index contributed by atoms with van der Waals surface area (Å²) in [5.74, 6) is -2.30. The maximum atomic E-state index is 13.1. The first-order valence-corrected chi connectivity index (χ1v) is 6.54. The Kier molecular flexibility index (Phi) is 5.19. The van der Waals surface area contributed by atoms with Crippen LogP contribution < -0.4 is 0 Å². The standard InChI is InChI=1S/C16H14F2N2O2/c17-13-5-1-3-11(15(13)21)9-19-7-8-20-10-12-4-2-6-14(18)16(12)22/h1-6,9-10,21-22H,7-8H2. The summed E-state index contributed by atoms with van der Waals surface area (Å²) >= 11 is 0. The monoisotopic (exact) mass is 304 g/mol. The number of aromatic hydroxyl groups is 2. The van der Waals surface area contributed by atoms with Crippen LogP contribution in [0.15, 0.2) is 46.4 Å². The highest BCUT2D eigenvalue weighted by molar-refractivity contribution is 5.84. The number of aliphatic imine (C=N–C) groups is 2. The van der Waals surface area contributed by atoms with Gasteiger partial charge in [0.1, 0.15) is 0 Å². The fourth-order valence-electron chi connectivity index (χ4n) is 1.71. The van der Waals surface area contributed by atoms with E-state index in [1.54, 1.807) is 0 Å². The second-order valence-electron chi connectivity index (χ2n) is 4.43. The Bertz CT molecular complexity index is 654. The van der Waals surface area contributed by atoms with Crippen LogP contribution in [0.1, 0.15) is 11.1 Å². The van der Waals surface area contributed by atoms with E-state index in [1.165, 1.54) is 36.7 Å². The lowest BCUT2D eigenvalue weighted by Gasteiger charge is -1.99. The van der Waals surface area contributed by atoms with Crippen molar-refractivity contribution < 1.29 is 19.0 Å². The van der Waals surface area contributed by atoms with Crippen LogP contribution in [0.5, 0.6) is 11.5 Å². The van der Waals surface area contributed by atoms with E-state index < -0.39 is 23.1 Å². The first-order chi connectivity index (χ1) is 10.6. The van der Waals surface area contributed by atoms with E-state index >= 15 is 0 Å². The van der Waals surface area contributed by atoms with E-state index in [4.69, 9.17) is 0 Å². The molecule has 2 aromatic carbocycles. The number of rotatable bonds is 5. The van der Waals surface area contributed by atoms with Gasteiger partial charge in [0.2, 0.25) is 0 Å². The van der Waals surface area contributed by atoms with E-state index in [9.17, 15) is 19.0 Å². The Labute approximate surface area is 126 Å². The Morgan fingerprint density at radius 1 is 0.773 bits per heavy atom. The SMILES string of the molecule is Oc1c(F)cccc1C=NCCN=Cc1cccc(F)c1O. The molecule has 0 aromatic heterocycles. The summed E-state index contributed by atoms with van der Waals surface area (Å²) in [5.41, 5.74) is 0.568. The van der Waals surface area contributed by atoms with Gasteiger partial charge >= 0.3 is 0 Å². The molecule has 4 nitrogen and oxygen atoms in total. The molecule has 0 amide bonds. The minimum Gasteiger partial charge on any atom is -0.504 e. The first kappa shape index (κ1) is 15.6. The number of halogens is 2. The van der Waals surface area contributed by atoms with Crippen molar-refractivity contribution in [2.75, 3.05) is 13.1 Å². The van der Waals surface area contributed by atoms with Crippen molar-refractivity contribution in [1.82, 2.24) is 0 Å².